The lowest BCUT2D eigenvalue weighted by molar-refractivity contribution is -0.119. The quantitative estimate of drug-likeness (QED) is 0.556. The van der Waals surface area contributed by atoms with Gasteiger partial charge in [0.2, 0.25) is 0 Å². The van der Waals surface area contributed by atoms with Gasteiger partial charge in [0.1, 0.15) is 5.75 Å². The smallest absolute Gasteiger partial charge is 0.338 e. The topological polar surface area (TPSA) is 128 Å². The summed E-state index contributed by atoms with van der Waals surface area (Å²) in [5.41, 5.74) is 0.839. The van der Waals surface area contributed by atoms with Gasteiger partial charge in [-0.1, -0.05) is 6.07 Å². The second kappa shape index (κ2) is 9.36. The summed E-state index contributed by atoms with van der Waals surface area (Å²) < 4.78 is 14.1. The van der Waals surface area contributed by atoms with Gasteiger partial charge in [0, 0.05) is 5.69 Å². The number of carbonyl (C=O) groups excluding carboxylic acids is 4. The lowest BCUT2D eigenvalue weighted by Crippen LogP contribution is -2.21. The Morgan fingerprint density at radius 1 is 0.862 bits per heavy atom. The molecule has 0 aliphatic carbocycles. The van der Waals surface area contributed by atoms with Gasteiger partial charge in [0.05, 0.1) is 30.9 Å². The number of hydrogen-bond acceptors (Lipinski definition) is 8. The van der Waals surface area contributed by atoms with Crippen LogP contribution < -0.4 is 5.32 Å². The maximum absolute atomic E-state index is 12.1. The van der Waals surface area contributed by atoms with Crippen LogP contribution in [-0.4, -0.2) is 49.7 Å². The third-order valence-corrected chi connectivity index (χ3v) is 3.84. The molecule has 0 saturated heterocycles. The van der Waals surface area contributed by atoms with E-state index in [2.05, 4.69) is 14.8 Å². The number of aromatic hydroxyl groups is 1. The Bertz CT molecular complexity index is 933. The van der Waals surface area contributed by atoms with Gasteiger partial charge < -0.3 is 24.6 Å². The van der Waals surface area contributed by atoms with Crippen molar-refractivity contribution in [2.24, 2.45) is 0 Å². The van der Waals surface area contributed by atoms with E-state index >= 15 is 0 Å². The van der Waals surface area contributed by atoms with Crippen molar-refractivity contribution in [2.75, 3.05) is 26.1 Å². The molecule has 0 saturated carbocycles. The average Bonchev–Trinajstić information content (AvgIpc) is 2.72. The molecule has 0 unspecified atom stereocenters. The van der Waals surface area contributed by atoms with Crippen molar-refractivity contribution in [3.63, 3.8) is 0 Å². The normalized spacial score (nSPS) is 10.0. The average molecular weight is 401 g/mol. The molecule has 9 nitrogen and oxygen atoms in total. The minimum atomic E-state index is -0.797. The number of phenols is 1. The summed E-state index contributed by atoms with van der Waals surface area (Å²) in [5, 5.41) is 12.1. The van der Waals surface area contributed by atoms with E-state index in [0.717, 1.165) is 0 Å². The number of aryl methyl sites for hydroxylation is 1. The number of amides is 1. The molecule has 0 radical (unpaired) electrons. The molecule has 2 rings (SSSR count). The summed E-state index contributed by atoms with van der Waals surface area (Å²) >= 11 is 0. The molecule has 0 aromatic heterocycles. The standard InChI is InChI=1S/C20H19NO8/c1-11-4-5-12(9-16(11)22)20(26)29-10-17(23)21-15-7-13(18(24)27-2)6-14(8-15)19(25)28-3/h4-9,22H,10H2,1-3H3,(H,21,23). The van der Waals surface area contributed by atoms with Crippen molar-refractivity contribution in [2.45, 2.75) is 6.92 Å². The van der Waals surface area contributed by atoms with E-state index in [1.807, 2.05) is 0 Å². The van der Waals surface area contributed by atoms with E-state index in [4.69, 9.17) is 4.74 Å². The summed E-state index contributed by atoms with van der Waals surface area (Å²) in [5.74, 6) is -2.99. The SMILES string of the molecule is COC(=O)c1cc(NC(=O)COC(=O)c2ccc(C)c(O)c2)cc(C(=O)OC)c1. The number of carbonyl (C=O) groups is 4. The third kappa shape index (κ3) is 5.55. The van der Waals surface area contributed by atoms with Gasteiger partial charge in [-0.2, -0.15) is 0 Å². The first-order valence-electron chi connectivity index (χ1n) is 8.33. The Morgan fingerprint density at radius 2 is 1.45 bits per heavy atom. The van der Waals surface area contributed by atoms with Crippen LogP contribution in [0, 0.1) is 6.92 Å². The number of anilines is 1. The van der Waals surface area contributed by atoms with Crippen LogP contribution in [-0.2, 0) is 19.0 Å². The van der Waals surface area contributed by atoms with Crippen LogP contribution in [0.5, 0.6) is 5.75 Å². The van der Waals surface area contributed by atoms with Crippen molar-refractivity contribution >= 4 is 29.5 Å². The highest BCUT2D eigenvalue weighted by Crippen LogP contribution is 2.19. The van der Waals surface area contributed by atoms with Gasteiger partial charge >= 0.3 is 17.9 Å². The maximum Gasteiger partial charge on any atom is 0.338 e. The highest BCUT2D eigenvalue weighted by atomic mass is 16.5. The lowest BCUT2D eigenvalue weighted by atomic mass is 10.1. The molecule has 2 aromatic carbocycles. The summed E-state index contributed by atoms with van der Waals surface area (Å²) in [6.45, 7) is 1.05. The number of nitrogens with one attached hydrogen (secondary N) is 1. The number of esters is 3. The molecular formula is C20H19NO8. The molecule has 0 aliphatic heterocycles. The Morgan fingerprint density at radius 3 is 1.97 bits per heavy atom. The molecule has 2 aromatic rings. The van der Waals surface area contributed by atoms with Gasteiger partial charge in [0.15, 0.2) is 6.61 Å². The van der Waals surface area contributed by atoms with Gasteiger partial charge in [0.25, 0.3) is 5.91 Å². The fraction of sp³-hybridized carbons (Fsp3) is 0.200. The van der Waals surface area contributed by atoms with E-state index in [1.54, 1.807) is 13.0 Å². The van der Waals surface area contributed by atoms with Crippen molar-refractivity contribution in [3.8, 4) is 5.75 Å². The Kier molecular flexibility index (Phi) is 6.91. The van der Waals surface area contributed by atoms with E-state index in [0.29, 0.717) is 5.56 Å². The van der Waals surface area contributed by atoms with Gasteiger partial charge in [-0.15, -0.1) is 0 Å². The maximum atomic E-state index is 12.1. The number of benzene rings is 2. The van der Waals surface area contributed by atoms with Gasteiger partial charge in [-0.3, -0.25) is 4.79 Å². The fourth-order valence-electron chi connectivity index (χ4n) is 2.32. The fourth-order valence-corrected chi connectivity index (χ4v) is 2.32. The van der Waals surface area contributed by atoms with Crippen LogP contribution >= 0.6 is 0 Å². The van der Waals surface area contributed by atoms with Crippen molar-refractivity contribution < 1.29 is 38.5 Å². The first kappa shape index (κ1) is 21.4. The van der Waals surface area contributed by atoms with Crippen molar-refractivity contribution in [1.82, 2.24) is 0 Å². The van der Waals surface area contributed by atoms with Crippen LogP contribution in [0.1, 0.15) is 36.6 Å². The van der Waals surface area contributed by atoms with Crippen molar-refractivity contribution in [3.05, 3.63) is 58.7 Å². The number of rotatable bonds is 6. The van der Waals surface area contributed by atoms with E-state index < -0.39 is 30.4 Å². The lowest BCUT2D eigenvalue weighted by Gasteiger charge is -2.10. The van der Waals surface area contributed by atoms with Crippen LogP contribution in [0.3, 0.4) is 0 Å². The number of phenolic OH excluding ortho intramolecular Hbond substituents is 1. The second-order valence-corrected chi connectivity index (χ2v) is 5.91. The Balaban J connectivity index is 2.09. The number of methoxy groups -OCH3 is 2. The molecule has 9 heteroatoms. The Labute approximate surface area is 166 Å². The molecule has 0 spiro atoms. The van der Waals surface area contributed by atoms with E-state index in [9.17, 15) is 24.3 Å². The minimum absolute atomic E-state index is 0.0258. The van der Waals surface area contributed by atoms with Gasteiger partial charge in [-0.25, -0.2) is 14.4 Å². The zero-order chi connectivity index (χ0) is 21.6. The molecular weight excluding hydrogens is 382 g/mol. The zero-order valence-corrected chi connectivity index (χ0v) is 16.0. The molecule has 0 fully saturated rings. The summed E-state index contributed by atoms with van der Waals surface area (Å²) in [7, 11) is 2.35. The van der Waals surface area contributed by atoms with Crippen LogP contribution in [0.4, 0.5) is 5.69 Å². The molecule has 0 heterocycles. The first-order valence-corrected chi connectivity index (χ1v) is 8.33. The van der Waals surface area contributed by atoms with Crippen LogP contribution in [0.25, 0.3) is 0 Å². The second-order valence-electron chi connectivity index (χ2n) is 5.91. The highest BCUT2D eigenvalue weighted by molar-refractivity contribution is 6.00. The first-order chi connectivity index (χ1) is 13.7. The zero-order valence-electron chi connectivity index (χ0n) is 16.0. The summed E-state index contributed by atoms with van der Waals surface area (Å²) in [4.78, 5) is 47.6. The monoisotopic (exact) mass is 401 g/mol. The molecule has 2 N–H and O–H groups in total. The Hall–Kier alpha value is -3.88. The largest absolute Gasteiger partial charge is 0.508 e. The summed E-state index contributed by atoms with van der Waals surface area (Å²) in [6, 6.07) is 8.09. The predicted molar refractivity (Wildman–Crippen MR) is 101 cm³/mol. The van der Waals surface area contributed by atoms with E-state index in [1.165, 1.54) is 44.6 Å². The molecule has 1 amide bonds. The van der Waals surface area contributed by atoms with Crippen LogP contribution in [0.2, 0.25) is 0 Å². The number of hydrogen-bond donors (Lipinski definition) is 2. The predicted octanol–water partition coefficient (Wildman–Crippen LogP) is 2.07. The van der Waals surface area contributed by atoms with Gasteiger partial charge in [-0.05, 0) is 42.8 Å². The van der Waals surface area contributed by atoms with Crippen molar-refractivity contribution in [1.29, 1.82) is 0 Å². The minimum Gasteiger partial charge on any atom is -0.508 e. The molecule has 152 valence electrons. The molecule has 0 aliphatic rings. The molecule has 0 atom stereocenters. The molecule has 0 bridgehead atoms. The third-order valence-electron chi connectivity index (χ3n) is 3.84. The number of ether oxygens (including phenoxy) is 3. The molecule has 29 heavy (non-hydrogen) atoms. The summed E-state index contributed by atoms with van der Waals surface area (Å²) in [6.07, 6.45) is 0. The van der Waals surface area contributed by atoms with Crippen LogP contribution in [0.15, 0.2) is 36.4 Å². The van der Waals surface area contributed by atoms with E-state index in [-0.39, 0.29) is 28.1 Å². The highest BCUT2D eigenvalue weighted by Gasteiger charge is 2.16.